The quantitative estimate of drug-likeness (QED) is 0.634. The van der Waals surface area contributed by atoms with Crippen molar-refractivity contribution in [1.29, 1.82) is 5.41 Å². The number of alkyl halides is 3. The van der Waals surface area contributed by atoms with Crippen LogP contribution in [0.25, 0.3) is 0 Å². The van der Waals surface area contributed by atoms with Gasteiger partial charge in [-0.1, -0.05) is 0 Å². The van der Waals surface area contributed by atoms with Crippen molar-refractivity contribution in [3.8, 4) is 0 Å². The Bertz CT molecular complexity index is 521. The van der Waals surface area contributed by atoms with Crippen molar-refractivity contribution in [3.05, 3.63) is 35.4 Å². The molecule has 19 heavy (non-hydrogen) atoms. The third-order valence-corrected chi connectivity index (χ3v) is 2.08. The van der Waals surface area contributed by atoms with E-state index in [4.69, 9.17) is 11.1 Å². The minimum atomic E-state index is -4.77. The van der Waals surface area contributed by atoms with Gasteiger partial charge in [-0.3, -0.25) is 15.2 Å². The van der Waals surface area contributed by atoms with Gasteiger partial charge >= 0.3 is 6.18 Å². The Kier molecular flexibility index (Phi) is 4.26. The summed E-state index contributed by atoms with van der Waals surface area (Å²) >= 11 is 0. The number of ether oxygens (including phenoxy) is 1. The Morgan fingerprint density at radius 3 is 2.11 bits per heavy atom. The van der Waals surface area contributed by atoms with Gasteiger partial charge in [0.15, 0.2) is 0 Å². The molecule has 0 aliphatic rings. The number of carbonyl (C=O) groups is 1. The van der Waals surface area contributed by atoms with Gasteiger partial charge in [0, 0.05) is 18.2 Å². The second kappa shape index (κ2) is 5.51. The first-order chi connectivity index (χ1) is 8.75. The lowest BCUT2D eigenvalue weighted by atomic mass is 10.1. The number of nitrogens with one attached hydrogen (secondary N) is 1. The van der Waals surface area contributed by atoms with E-state index in [2.05, 4.69) is 9.73 Å². The molecule has 0 bridgehead atoms. The summed E-state index contributed by atoms with van der Waals surface area (Å²) in [6, 6.07) is 5.08. The van der Waals surface area contributed by atoms with E-state index < -0.39 is 23.9 Å². The molecule has 3 N–H and O–H groups in total. The molecular weight excluding hydrogens is 263 g/mol. The molecule has 0 aliphatic carbocycles. The standard InChI is InChI=1S/C11H10F3N3O2/c1-17-10(11(12,13)14)19-9(16)7-4-2-6(3-5-7)8(15)18/h2-5,16H,1H3,(H2,15,18)/b16-9?,17-10-. The number of nitrogens with two attached hydrogens (primary N) is 1. The van der Waals surface area contributed by atoms with Crippen molar-refractivity contribution in [2.75, 3.05) is 7.05 Å². The molecule has 0 atom stereocenters. The molecule has 0 saturated carbocycles. The number of aliphatic imine (C=N–C) groups is 1. The van der Waals surface area contributed by atoms with E-state index in [-0.39, 0.29) is 11.1 Å². The van der Waals surface area contributed by atoms with Crippen LogP contribution in [0.2, 0.25) is 0 Å². The van der Waals surface area contributed by atoms with Gasteiger partial charge in [-0.25, -0.2) is 0 Å². The molecule has 0 radical (unpaired) electrons. The molecule has 1 aromatic carbocycles. The van der Waals surface area contributed by atoms with E-state index in [1.807, 2.05) is 0 Å². The zero-order chi connectivity index (χ0) is 14.6. The van der Waals surface area contributed by atoms with E-state index in [1.165, 1.54) is 24.3 Å². The highest BCUT2D eigenvalue weighted by molar-refractivity contribution is 6.02. The van der Waals surface area contributed by atoms with Crippen LogP contribution in [0.1, 0.15) is 15.9 Å². The molecular formula is C11H10F3N3O2. The minimum Gasteiger partial charge on any atom is -0.416 e. The maximum Gasteiger partial charge on any atom is 0.468 e. The number of carbonyl (C=O) groups excluding carboxylic acids is 1. The van der Waals surface area contributed by atoms with Crippen molar-refractivity contribution >= 4 is 17.7 Å². The van der Waals surface area contributed by atoms with Crippen LogP contribution >= 0.6 is 0 Å². The first kappa shape index (κ1) is 14.7. The summed E-state index contributed by atoms with van der Waals surface area (Å²) in [6.07, 6.45) is -4.77. The largest absolute Gasteiger partial charge is 0.468 e. The SMILES string of the molecule is C/N=C(\OC(=N)c1ccc(C(N)=O)cc1)C(F)(F)F. The van der Waals surface area contributed by atoms with Gasteiger partial charge in [0.05, 0.1) is 0 Å². The van der Waals surface area contributed by atoms with Crippen molar-refractivity contribution in [1.82, 2.24) is 0 Å². The molecule has 8 heteroatoms. The maximum atomic E-state index is 12.4. The van der Waals surface area contributed by atoms with Gasteiger partial charge in [0.25, 0.3) is 5.90 Å². The third-order valence-electron chi connectivity index (χ3n) is 2.08. The number of primary amides is 1. The number of hydrogen-bond acceptors (Lipinski definition) is 4. The van der Waals surface area contributed by atoms with Crippen molar-refractivity contribution in [3.63, 3.8) is 0 Å². The van der Waals surface area contributed by atoms with Gasteiger partial charge in [0.2, 0.25) is 11.8 Å². The van der Waals surface area contributed by atoms with Crippen LogP contribution in [0.4, 0.5) is 13.2 Å². The van der Waals surface area contributed by atoms with Crippen molar-refractivity contribution < 1.29 is 22.7 Å². The highest BCUT2D eigenvalue weighted by Crippen LogP contribution is 2.19. The zero-order valence-electron chi connectivity index (χ0n) is 9.78. The van der Waals surface area contributed by atoms with Crippen LogP contribution in [-0.4, -0.2) is 30.9 Å². The zero-order valence-corrected chi connectivity index (χ0v) is 9.78. The predicted octanol–water partition coefficient (Wildman–Crippen LogP) is 1.72. The first-order valence-electron chi connectivity index (χ1n) is 4.96. The lowest BCUT2D eigenvalue weighted by Crippen LogP contribution is -2.28. The van der Waals surface area contributed by atoms with E-state index in [0.717, 1.165) is 7.05 Å². The van der Waals surface area contributed by atoms with Crippen LogP contribution in [0.5, 0.6) is 0 Å². The highest BCUT2D eigenvalue weighted by atomic mass is 19.4. The fraction of sp³-hybridized carbons (Fsp3) is 0.182. The Balaban J connectivity index is 2.87. The summed E-state index contributed by atoms with van der Waals surface area (Å²) < 4.78 is 41.4. The fourth-order valence-electron chi connectivity index (χ4n) is 1.17. The van der Waals surface area contributed by atoms with Gasteiger partial charge < -0.3 is 10.5 Å². The Labute approximate surface area is 106 Å². The summed E-state index contributed by atoms with van der Waals surface area (Å²) in [5, 5.41) is 7.40. The molecule has 0 saturated heterocycles. The molecule has 0 fully saturated rings. The molecule has 0 aromatic heterocycles. The Hall–Kier alpha value is -2.38. The first-order valence-corrected chi connectivity index (χ1v) is 4.96. The van der Waals surface area contributed by atoms with Gasteiger partial charge in [-0.15, -0.1) is 0 Å². The van der Waals surface area contributed by atoms with Gasteiger partial charge in [-0.2, -0.15) is 13.2 Å². The highest BCUT2D eigenvalue weighted by Gasteiger charge is 2.38. The monoisotopic (exact) mass is 273 g/mol. The summed E-state index contributed by atoms with van der Waals surface area (Å²) in [6.45, 7) is 0. The van der Waals surface area contributed by atoms with Crippen LogP contribution in [0.15, 0.2) is 29.3 Å². The molecule has 0 heterocycles. The van der Waals surface area contributed by atoms with Crippen molar-refractivity contribution in [2.45, 2.75) is 6.18 Å². The Morgan fingerprint density at radius 1 is 1.26 bits per heavy atom. The number of nitrogens with zero attached hydrogens (tertiary/aromatic N) is 1. The number of halogens is 3. The molecule has 102 valence electrons. The lowest BCUT2D eigenvalue weighted by Gasteiger charge is -2.11. The van der Waals surface area contributed by atoms with E-state index in [1.54, 1.807) is 0 Å². The molecule has 1 aromatic rings. The number of hydrogen-bond donors (Lipinski definition) is 2. The normalized spacial score (nSPS) is 12.1. The van der Waals surface area contributed by atoms with Crippen LogP contribution in [-0.2, 0) is 4.74 Å². The predicted molar refractivity (Wildman–Crippen MR) is 62.3 cm³/mol. The topological polar surface area (TPSA) is 88.5 Å². The second-order valence-corrected chi connectivity index (χ2v) is 3.40. The van der Waals surface area contributed by atoms with E-state index in [0.29, 0.717) is 0 Å². The summed E-state index contributed by atoms with van der Waals surface area (Å²) in [5.41, 5.74) is 5.25. The molecule has 0 spiro atoms. The lowest BCUT2D eigenvalue weighted by molar-refractivity contribution is -0.0718. The summed E-state index contributed by atoms with van der Waals surface area (Å²) in [5.74, 6) is -2.92. The van der Waals surface area contributed by atoms with E-state index in [9.17, 15) is 18.0 Å². The second-order valence-electron chi connectivity index (χ2n) is 3.40. The van der Waals surface area contributed by atoms with Crippen LogP contribution in [0, 0.1) is 5.41 Å². The molecule has 1 rings (SSSR count). The number of benzene rings is 1. The molecule has 1 amide bonds. The summed E-state index contributed by atoms with van der Waals surface area (Å²) in [7, 11) is 0.909. The van der Waals surface area contributed by atoms with Crippen LogP contribution in [0.3, 0.4) is 0 Å². The number of rotatable bonds is 2. The van der Waals surface area contributed by atoms with Gasteiger partial charge in [-0.05, 0) is 24.3 Å². The fourth-order valence-corrected chi connectivity index (χ4v) is 1.17. The molecule has 0 aliphatic heterocycles. The Morgan fingerprint density at radius 2 is 1.74 bits per heavy atom. The number of amides is 1. The van der Waals surface area contributed by atoms with Crippen LogP contribution < -0.4 is 5.73 Å². The van der Waals surface area contributed by atoms with E-state index >= 15 is 0 Å². The van der Waals surface area contributed by atoms with Crippen molar-refractivity contribution in [2.24, 2.45) is 10.7 Å². The third kappa shape index (κ3) is 3.80. The average molecular weight is 273 g/mol. The smallest absolute Gasteiger partial charge is 0.416 e. The van der Waals surface area contributed by atoms with Gasteiger partial charge in [0.1, 0.15) is 0 Å². The maximum absolute atomic E-state index is 12.4. The minimum absolute atomic E-state index is 0.0652. The molecule has 5 nitrogen and oxygen atoms in total. The average Bonchev–Trinajstić information content (AvgIpc) is 2.34. The molecule has 0 unspecified atom stereocenters. The summed E-state index contributed by atoms with van der Waals surface area (Å²) in [4.78, 5) is 13.7.